The summed E-state index contributed by atoms with van der Waals surface area (Å²) in [6.07, 6.45) is -3.34. The molecule has 0 saturated carbocycles. The van der Waals surface area contributed by atoms with E-state index in [1.54, 1.807) is 0 Å². The summed E-state index contributed by atoms with van der Waals surface area (Å²) in [5.74, 6) is -0.924. The van der Waals surface area contributed by atoms with Gasteiger partial charge in [0.1, 0.15) is 5.56 Å². The van der Waals surface area contributed by atoms with Crippen LogP contribution in [0.1, 0.15) is 21.5 Å². The third-order valence-electron chi connectivity index (χ3n) is 2.93. The summed E-state index contributed by atoms with van der Waals surface area (Å²) in [5, 5.41) is 1.99. The number of carbonyl (C=O) groups excluding carboxylic acids is 1. The van der Waals surface area contributed by atoms with E-state index in [2.05, 4.69) is 10.3 Å². The Labute approximate surface area is 127 Å². The maximum atomic E-state index is 13.0. The minimum absolute atomic E-state index is 0.112. The second kappa shape index (κ2) is 5.84. The molecule has 8 heteroatoms. The van der Waals surface area contributed by atoms with Crippen molar-refractivity contribution >= 4 is 23.2 Å². The third kappa shape index (κ3) is 3.30. The molecular weight excluding hydrogens is 321 g/mol. The Kier molecular flexibility index (Phi) is 4.27. The smallest absolute Gasteiger partial charge is 0.328 e. The summed E-state index contributed by atoms with van der Waals surface area (Å²) in [4.78, 5) is 26.0. The lowest BCUT2D eigenvalue weighted by atomic mass is 10.1. The minimum atomic E-state index is -4.69. The number of benzene rings is 1. The molecule has 0 spiro atoms. The number of aryl methyl sites for hydroxylation is 1. The van der Waals surface area contributed by atoms with Gasteiger partial charge in [0.25, 0.3) is 11.5 Å². The highest BCUT2D eigenvalue weighted by atomic mass is 35.5. The molecular formula is C14H10ClF3N2O2. The quantitative estimate of drug-likeness (QED) is 0.883. The zero-order chi connectivity index (χ0) is 16.5. The molecule has 2 N–H and O–H groups in total. The lowest BCUT2D eigenvalue weighted by Gasteiger charge is -2.14. The Hall–Kier alpha value is -2.28. The maximum absolute atomic E-state index is 13.0. The number of carbonyl (C=O) groups is 1. The molecule has 0 saturated heterocycles. The van der Waals surface area contributed by atoms with Crippen molar-refractivity contribution in [1.29, 1.82) is 0 Å². The lowest BCUT2D eigenvalue weighted by Crippen LogP contribution is -2.25. The fraction of sp³-hybridized carbons (Fsp3) is 0.143. The number of pyridine rings is 1. The van der Waals surface area contributed by atoms with E-state index in [-0.39, 0.29) is 10.6 Å². The minimum Gasteiger partial charge on any atom is -0.328 e. The molecule has 2 rings (SSSR count). The van der Waals surface area contributed by atoms with Gasteiger partial charge in [-0.2, -0.15) is 13.2 Å². The molecule has 116 valence electrons. The molecule has 0 aliphatic heterocycles. The zero-order valence-electron chi connectivity index (χ0n) is 11.2. The predicted molar refractivity (Wildman–Crippen MR) is 76.2 cm³/mol. The van der Waals surface area contributed by atoms with Gasteiger partial charge in [0.05, 0.1) is 11.3 Å². The highest BCUT2D eigenvalue weighted by molar-refractivity contribution is 6.30. The van der Waals surface area contributed by atoms with Crippen molar-refractivity contribution in [2.75, 3.05) is 5.32 Å². The van der Waals surface area contributed by atoms with Crippen molar-refractivity contribution in [3.63, 3.8) is 0 Å². The van der Waals surface area contributed by atoms with Crippen LogP contribution in [0.25, 0.3) is 0 Å². The number of rotatable bonds is 2. The lowest BCUT2D eigenvalue weighted by molar-refractivity contribution is -0.136. The van der Waals surface area contributed by atoms with Gasteiger partial charge >= 0.3 is 6.18 Å². The number of halogens is 4. The van der Waals surface area contributed by atoms with Crippen LogP contribution in [0.5, 0.6) is 0 Å². The van der Waals surface area contributed by atoms with E-state index in [0.717, 1.165) is 6.07 Å². The van der Waals surface area contributed by atoms with Gasteiger partial charge in [0.2, 0.25) is 0 Å². The third-order valence-corrected chi connectivity index (χ3v) is 3.17. The predicted octanol–water partition coefficient (Wildman–Crippen LogP) is 3.61. The van der Waals surface area contributed by atoms with Crippen LogP contribution < -0.4 is 10.9 Å². The van der Waals surface area contributed by atoms with Gasteiger partial charge in [-0.25, -0.2) is 0 Å². The summed E-state index contributed by atoms with van der Waals surface area (Å²) in [6, 6.07) is 4.44. The Bertz CT molecular complexity index is 784. The van der Waals surface area contributed by atoms with E-state index in [0.29, 0.717) is 11.6 Å². The van der Waals surface area contributed by atoms with Crippen molar-refractivity contribution in [3.8, 4) is 0 Å². The van der Waals surface area contributed by atoms with Crippen LogP contribution in [0.2, 0.25) is 5.02 Å². The first-order valence-electron chi connectivity index (χ1n) is 6.06. The summed E-state index contributed by atoms with van der Waals surface area (Å²) >= 11 is 5.56. The fourth-order valence-corrected chi connectivity index (χ4v) is 2.08. The SMILES string of the molecule is Cc1cc[nH]c(=O)c1C(=O)Nc1ccc(Cl)cc1C(F)(F)F. The molecule has 0 aliphatic carbocycles. The Morgan fingerprint density at radius 2 is 1.95 bits per heavy atom. The summed E-state index contributed by atoms with van der Waals surface area (Å²) < 4.78 is 38.9. The molecule has 0 unspecified atom stereocenters. The molecule has 0 bridgehead atoms. The van der Waals surface area contributed by atoms with Crippen LogP contribution in [0.4, 0.5) is 18.9 Å². The number of amides is 1. The van der Waals surface area contributed by atoms with Gasteiger partial charge in [-0.05, 0) is 36.8 Å². The Morgan fingerprint density at radius 1 is 1.27 bits per heavy atom. The van der Waals surface area contributed by atoms with Crippen molar-refractivity contribution in [2.24, 2.45) is 0 Å². The molecule has 1 aromatic heterocycles. The first-order valence-corrected chi connectivity index (χ1v) is 6.44. The second-order valence-electron chi connectivity index (χ2n) is 4.51. The van der Waals surface area contributed by atoms with Crippen LogP contribution >= 0.6 is 11.6 Å². The van der Waals surface area contributed by atoms with Gasteiger partial charge in [0.15, 0.2) is 0 Å². The molecule has 0 aliphatic rings. The van der Waals surface area contributed by atoms with E-state index in [1.807, 2.05) is 0 Å². The molecule has 1 aromatic carbocycles. The molecule has 1 heterocycles. The van der Waals surface area contributed by atoms with Gasteiger partial charge < -0.3 is 10.3 Å². The number of anilines is 1. The second-order valence-corrected chi connectivity index (χ2v) is 4.94. The molecule has 1 amide bonds. The number of hydrogen-bond acceptors (Lipinski definition) is 2. The number of H-pyrrole nitrogens is 1. The largest absolute Gasteiger partial charge is 0.418 e. The number of aromatic nitrogens is 1. The standard InChI is InChI=1S/C14H10ClF3N2O2/c1-7-4-5-19-12(21)11(7)13(22)20-10-3-2-8(15)6-9(10)14(16,17)18/h2-6H,1H3,(H,19,21)(H,20,22). The highest BCUT2D eigenvalue weighted by Crippen LogP contribution is 2.36. The van der Waals surface area contributed by atoms with Crippen molar-refractivity contribution < 1.29 is 18.0 Å². The Morgan fingerprint density at radius 3 is 2.55 bits per heavy atom. The zero-order valence-corrected chi connectivity index (χ0v) is 12.0. The maximum Gasteiger partial charge on any atom is 0.418 e. The first kappa shape index (κ1) is 16.1. The molecule has 0 atom stereocenters. The molecule has 0 radical (unpaired) electrons. The van der Waals surface area contributed by atoms with Crippen LogP contribution in [-0.2, 0) is 6.18 Å². The van der Waals surface area contributed by atoms with E-state index >= 15 is 0 Å². The number of hydrogen-bond donors (Lipinski definition) is 2. The fourth-order valence-electron chi connectivity index (χ4n) is 1.90. The number of nitrogens with one attached hydrogen (secondary N) is 2. The molecule has 22 heavy (non-hydrogen) atoms. The average molecular weight is 331 g/mol. The molecule has 4 nitrogen and oxygen atoms in total. The monoisotopic (exact) mass is 330 g/mol. The highest BCUT2D eigenvalue weighted by Gasteiger charge is 2.34. The van der Waals surface area contributed by atoms with E-state index < -0.39 is 28.9 Å². The normalized spacial score (nSPS) is 11.3. The molecule has 0 fully saturated rings. The Balaban J connectivity index is 2.44. The van der Waals surface area contributed by atoms with Crippen LogP contribution in [0.15, 0.2) is 35.3 Å². The average Bonchev–Trinajstić information content (AvgIpc) is 2.39. The number of aromatic amines is 1. The van der Waals surface area contributed by atoms with E-state index in [4.69, 9.17) is 11.6 Å². The van der Waals surface area contributed by atoms with Crippen molar-refractivity contribution in [1.82, 2.24) is 4.98 Å². The van der Waals surface area contributed by atoms with Crippen molar-refractivity contribution in [2.45, 2.75) is 13.1 Å². The van der Waals surface area contributed by atoms with Gasteiger partial charge in [0, 0.05) is 11.2 Å². The van der Waals surface area contributed by atoms with Crippen LogP contribution in [0, 0.1) is 6.92 Å². The topological polar surface area (TPSA) is 62.0 Å². The van der Waals surface area contributed by atoms with Crippen LogP contribution in [0.3, 0.4) is 0 Å². The van der Waals surface area contributed by atoms with Crippen LogP contribution in [-0.4, -0.2) is 10.9 Å². The first-order chi connectivity index (χ1) is 10.2. The summed E-state index contributed by atoms with van der Waals surface area (Å²) in [5.41, 5.74) is -2.13. The van der Waals surface area contributed by atoms with Gasteiger partial charge in [-0.15, -0.1) is 0 Å². The van der Waals surface area contributed by atoms with Gasteiger partial charge in [-0.3, -0.25) is 9.59 Å². The summed E-state index contributed by atoms with van der Waals surface area (Å²) in [7, 11) is 0. The molecule has 2 aromatic rings. The number of alkyl halides is 3. The van der Waals surface area contributed by atoms with E-state index in [9.17, 15) is 22.8 Å². The van der Waals surface area contributed by atoms with Crippen molar-refractivity contribution in [3.05, 3.63) is 62.5 Å². The van der Waals surface area contributed by atoms with E-state index in [1.165, 1.54) is 25.3 Å². The van der Waals surface area contributed by atoms with Gasteiger partial charge in [-0.1, -0.05) is 11.6 Å². The summed E-state index contributed by atoms with van der Waals surface area (Å²) in [6.45, 7) is 1.51.